The van der Waals surface area contributed by atoms with Crippen molar-refractivity contribution in [1.29, 1.82) is 0 Å². The Hall–Kier alpha value is -4.23. The Bertz CT molecular complexity index is 1310. The molecule has 0 aliphatic rings. The molecule has 0 heterocycles. The van der Waals surface area contributed by atoms with Crippen LogP contribution < -0.4 is 5.32 Å². The molecule has 13 heteroatoms. The first-order valence-electron chi connectivity index (χ1n) is 8.89. The molecule has 0 fully saturated rings. The number of benzene rings is 3. The van der Waals surface area contributed by atoms with Crippen molar-refractivity contribution in [3.8, 4) is 0 Å². The van der Waals surface area contributed by atoms with E-state index in [4.69, 9.17) is 0 Å². The van der Waals surface area contributed by atoms with Crippen LogP contribution in [0.2, 0.25) is 0 Å². The minimum absolute atomic E-state index is 0.0180. The third kappa shape index (κ3) is 5.47. The molecule has 0 unspecified atom stereocenters. The lowest BCUT2D eigenvalue weighted by Crippen LogP contribution is -2.06. The molecule has 12 nitrogen and oxygen atoms in total. The highest BCUT2D eigenvalue weighted by Crippen LogP contribution is 2.33. The summed E-state index contributed by atoms with van der Waals surface area (Å²) < 4.78 is 33.2. The number of nitrogens with one attached hydrogen (secondary N) is 1. The van der Waals surface area contributed by atoms with Crippen LogP contribution in [0.4, 0.5) is 28.4 Å². The maximum Gasteiger partial charge on any atom is 0.303 e. The van der Waals surface area contributed by atoms with Crippen LogP contribution in [0.3, 0.4) is 0 Å². The van der Waals surface area contributed by atoms with Gasteiger partial charge in [0, 0.05) is 12.6 Å². The van der Waals surface area contributed by atoms with E-state index in [1.807, 2.05) is 30.3 Å². The number of anilines is 1. The Morgan fingerprint density at radius 1 is 0.906 bits per heavy atom. The van der Waals surface area contributed by atoms with Gasteiger partial charge in [-0.15, -0.1) is 5.11 Å². The summed E-state index contributed by atoms with van der Waals surface area (Å²) in [6, 6.07) is 15.8. The van der Waals surface area contributed by atoms with Crippen LogP contribution in [0.15, 0.2) is 81.9 Å². The molecule has 0 radical (unpaired) electrons. The summed E-state index contributed by atoms with van der Waals surface area (Å²) in [6.45, 7) is 0.291. The number of azo groups is 1. The second-order valence-electron chi connectivity index (χ2n) is 6.38. The molecule has 0 saturated carbocycles. The summed E-state index contributed by atoms with van der Waals surface area (Å²) in [5, 5.41) is 32.4. The topological polar surface area (TPSA) is 177 Å². The zero-order valence-corrected chi connectivity index (χ0v) is 17.0. The lowest BCUT2D eigenvalue weighted by molar-refractivity contribution is -0.393. The van der Waals surface area contributed by atoms with E-state index in [0.29, 0.717) is 6.54 Å². The lowest BCUT2D eigenvalue weighted by atomic mass is 10.2. The molecule has 3 aromatic rings. The Balaban J connectivity index is 1.91. The van der Waals surface area contributed by atoms with Gasteiger partial charge in [-0.2, -0.15) is 13.5 Å². The predicted molar refractivity (Wildman–Crippen MR) is 114 cm³/mol. The summed E-state index contributed by atoms with van der Waals surface area (Å²) in [4.78, 5) is 19.9. The molecule has 3 aromatic carbocycles. The summed E-state index contributed by atoms with van der Waals surface area (Å²) in [7, 11) is -4.63. The van der Waals surface area contributed by atoms with Gasteiger partial charge < -0.3 is 5.32 Å². The van der Waals surface area contributed by atoms with E-state index in [-0.39, 0.29) is 17.1 Å². The van der Waals surface area contributed by atoms with Crippen molar-refractivity contribution in [3.05, 3.63) is 92.5 Å². The summed E-state index contributed by atoms with van der Waals surface area (Å²) >= 11 is 0. The molecule has 0 aliphatic heterocycles. The summed E-state index contributed by atoms with van der Waals surface area (Å²) in [5.74, 6) is 0. The van der Waals surface area contributed by atoms with Gasteiger partial charge in [-0.1, -0.05) is 30.3 Å². The van der Waals surface area contributed by atoms with E-state index >= 15 is 0 Å². The van der Waals surface area contributed by atoms with Gasteiger partial charge in [0.15, 0.2) is 5.69 Å². The monoisotopic (exact) mass is 457 g/mol. The average Bonchev–Trinajstić information content (AvgIpc) is 2.76. The second kappa shape index (κ2) is 9.28. The fraction of sp³-hybridized carbons (Fsp3) is 0.0526. The van der Waals surface area contributed by atoms with Crippen LogP contribution in [-0.4, -0.2) is 22.8 Å². The number of hydrogen-bond donors (Lipinski definition) is 2. The van der Waals surface area contributed by atoms with Gasteiger partial charge in [-0.25, -0.2) is 0 Å². The number of nitrogens with zero attached hydrogens (tertiary/aromatic N) is 4. The fourth-order valence-corrected chi connectivity index (χ4v) is 3.38. The average molecular weight is 457 g/mol. The number of hydrogen-bond acceptors (Lipinski definition) is 9. The van der Waals surface area contributed by atoms with Crippen LogP contribution in [0.5, 0.6) is 0 Å². The molecule has 164 valence electrons. The largest absolute Gasteiger partial charge is 0.380 e. The van der Waals surface area contributed by atoms with Crippen LogP contribution in [0.25, 0.3) is 0 Å². The maximum absolute atomic E-state index is 11.8. The maximum atomic E-state index is 11.8. The second-order valence-corrected chi connectivity index (χ2v) is 7.77. The van der Waals surface area contributed by atoms with Crippen molar-refractivity contribution in [2.45, 2.75) is 11.4 Å². The number of nitro benzene ring substituents is 2. The van der Waals surface area contributed by atoms with E-state index in [9.17, 15) is 33.2 Å². The molecular formula is C19H15N5O7S. The SMILES string of the molecule is O=[N+]([O-])c1ccc(N=Nc2ccc(NCc3ccccc3)c(S(=O)(=O)O)c2)c([N+](=O)[O-])c1. The highest BCUT2D eigenvalue weighted by atomic mass is 32.2. The smallest absolute Gasteiger partial charge is 0.303 e. The van der Waals surface area contributed by atoms with Crippen LogP contribution in [-0.2, 0) is 16.7 Å². The molecule has 0 amide bonds. The summed E-state index contributed by atoms with van der Waals surface area (Å²) in [5.41, 5.74) is -0.410. The first-order valence-corrected chi connectivity index (χ1v) is 10.3. The standard InChI is InChI=1S/C19H15N5O7S/c25-23(26)15-7-9-16(18(11-15)24(27)28)22-21-14-6-8-17(19(10-14)32(29,30)31)20-12-13-4-2-1-3-5-13/h1-11,20H,12H2,(H,29,30,31). The number of non-ortho nitro benzene ring substituents is 1. The van der Waals surface area contributed by atoms with Gasteiger partial charge in [0.05, 0.1) is 27.3 Å². The van der Waals surface area contributed by atoms with Gasteiger partial charge in [-0.05, 0) is 29.8 Å². The van der Waals surface area contributed by atoms with Crippen molar-refractivity contribution >= 4 is 38.6 Å². The third-order valence-corrected chi connectivity index (χ3v) is 5.10. The van der Waals surface area contributed by atoms with Crippen molar-refractivity contribution < 1.29 is 22.8 Å². The molecule has 0 atom stereocenters. The van der Waals surface area contributed by atoms with Crippen molar-refractivity contribution in [2.24, 2.45) is 10.2 Å². The number of rotatable bonds is 8. The van der Waals surface area contributed by atoms with E-state index in [2.05, 4.69) is 15.5 Å². The van der Waals surface area contributed by atoms with E-state index in [1.165, 1.54) is 12.1 Å². The molecule has 0 aliphatic carbocycles. The first-order chi connectivity index (χ1) is 15.1. The van der Waals surface area contributed by atoms with Crippen LogP contribution in [0.1, 0.15) is 5.56 Å². The fourth-order valence-electron chi connectivity index (χ4n) is 2.69. The van der Waals surface area contributed by atoms with Gasteiger partial charge in [0.2, 0.25) is 0 Å². The molecule has 0 saturated heterocycles. The molecular weight excluding hydrogens is 442 g/mol. The molecule has 0 aromatic heterocycles. The minimum atomic E-state index is -4.63. The Morgan fingerprint density at radius 3 is 2.25 bits per heavy atom. The predicted octanol–water partition coefficient (Wildman–Crippen LogP) is 4.78. The Kier molecular flexibility index (Phi) is 6.51. The normalized spacial score (nSPS) is 11.4. The zero-order chi connectivity index (χ0) is 23.3. The van der Waals surface area contributed by atoms with Crippen molar-refractivity contribution in [3.63, 3.8) is 0 Å². The van der Waals surface area contributed by atoms with Gasteiger partial charge >= 0.3 is 5.69 Å². The zero-order valence-electron chi connectivity index (χ0n) is 16.2. The Labute approximate surface area is 181 Å². The molecule has 32 heavy (non-hydrogen) atoms. The van der Waals surface area contributed by atoms with Crippen LogP contribution in [0, 0.1) is 20.2 Å². The minimum Gasteiger partial charge on any atom is -0.380 e. The van der Waals surface area contributed by atoms with E-state index < -0.39 is 36.2 Å². The molecule has 0 bridgehead atoms. The molecule has 2 N–H and O–H groups in total. The number of nitro groups is 2. The van der Waals surface area contributed by atoms with E-state index in [0.717, 1.165) is 29.8 Å². The quantitative estimate of drug-likeness (QED) is 0.210. The van der Waals surface area contributed by atoms with Gasteiger partial charge in [-0.3, -0.25) is 24.8 Å². The molecule has 0 spiro atoms. The highest BCUT2D eigenvalue weighted by Gasteiger charge is 2.20. The van der Waals surface area contributed by atoms with Crippen molar-refractivity contribution in [2.75, 3.05) is 5.32 Å². The third-order valence-electron chi connectivity index (χ3n) is 4.21. The Morgan fingerprint density at radius 2 is 1.62 bits per heavy atom. The highest BCUT2D eigenvalue weighted by molar-refractivity contribution is 7.86. The lowest BCUT2D eigenvalue weighted by Gasteiger charge is -2.11. The first kappa shape index (κ1) is 22.5. The van der Waals surface area contributed by atoms with Crippen molar-refractivity contribution in [1.82, 2.24) is 0 Å². The summed E-state index contributed by atoms with van der Waals surface area (Å²) in [6.07, 6.45) is 0. The van der Waals surface area contributed by atoms with Crippen LogP contribution >= 0.6 is 0 Å². The van der Waals surface area contributed by atoms with Gasteiger partial charge in [0.1, 0.15) is 4.90 Å². The van der Waals surface area contributed by atoms with E-state index in [1.54, 1.807) is 0 Å². The molecule has 3 rings (SSSR count). The van der Waals surface area contributed by atoms with Gasteiger partial charge in [0.25, 0.3) is 15.8 Å².